The minimum atomic E-state index is 0.102. The van der Waals surface area contributed by atoms with Crippen LogP contribution in [-0.4, -0.2) is 61.6 Å². The Kier molecular flexibility index (Phi) is 4.52. The van der Waals surface area contributed by atoms with Crippen molar-refractivity contribution < 1.29 is 13.9 Å². The highest BCUT2D eigenvalue weighted by Gasteiger charge is 2.36. The summed E-state index contributed by atoms with van der Waals surface area (Å²) in [4.78, 5) is 17.8. The molecule has 0 saturated carbocycles. The summed E-state index contributed by atoms with van der Waals surface area (Å²) in [7, 11) is 1.75. The molecule has 4 heterocycles. The lowest BCUT2D eigenvalue weighted by atomic mass is 9.95. The maximum Gasteiger partial charge on any atom is 0.257 e. The van der Waals surface area contributed by atoms with E-state index < -0.39 is 0 Å². The standard InChI is InChI=1S/C20H26N2O3/c1-14-10-16-4-3-5-18(19(16)25-14)20(23)22-12-15-6-7-17(13-22)21(11-15)8-9-24-2/h3-5,10,15,17H,6-9,11-13H2,1-2H3/t15-,17-/m0/s1. The average Bonchev–Trinajstić information content (AvgIpc) is 2.79. The van der Waals surface area contributed by atoms with Crippen molar-refractivity contribution in [2.24, 2.45) is 5.92 Å². The molecule has 134 valence electrons. The fourth-order valence-electron chi connectivity index (χ4n) is 4.36. The van der Waals surface area contributed by atoms with Gasteiger partial charge >= 0.3 is 0 Å². The van der Waals surface area contributed by atoms with E-state index in [0.717, 1.165) is 49.5 Å². The van der Waals surface area contributed by atoms with Crippen LogP contribution in [0.1, 0.15) is 29.0 Å². The maximum absolute atomic E-state index is 13.2. The lowest BCUT2D eigenvalue weighted by molar-refractivity contribution is 0.0718. The van der Waals surface area contributed by atoms with Crippen molar-refractivity contribution in [2.75, 3.05) is 39.9 Å². The summed E-state index contributed by atoms with van der Waals surface area (Å²) in [5.41, 5.74) is 1.41. The van der Waals surface area contributed by atoms with E-state index in [1.54, 1.807) is 7.11 Å². The highest BCUT2D eigenvalue weighted by Crippen LogP contribution is 2.30. The van der Waals surface area contributed by atoms with Crippen LogP contribution in [0.25, 0.3) is 11.0 Å². The molecule has 3 aliphatic rings. The Morgan fingerprint density at radius 2 is 2.16 bits per heavy atom. The number of carbonyl (C=O) groups is 1. The fourth-order valence-corrected chi connectivity index (χ4v) is 4.36. The molecule has 0 N–H and O–H groups in total. The summed E-state index contributed by atoms with van der Waals surface area (Å²) in [6, 6.07) is 8.27. The van der Waals surface area contributed by atoms with E-state index in [0.29, 0.717) is 17.5 Å². The van der Waals surface area contributed by atoms with Gasteiger partial charge in [-0.25, -0.2) is 0 Å². The van der Waals surface area contributed by atoms with Crippen molar-refractivity contribution in [1.82, 2.24) is 9.80 Å². The summed E-state index contributed by atoms with van der Waals surface area (Å²) in [5.74, 6) is 1.50. The molecule has 3 aliphatic heterocycles. The Morgan fingerprint density at radius 3 is 3.00 bits per heavy atom. The van der Waals surface area contributed by atoms with E-state index in [1.165, 1.54) is 12.8 Å². The van der Waals surface area contributed by atoms with Crippen LogP contribution in [-0.2, 0) is 4.74 Å². The van der Waals surface area contributed by atoms with Crippen LogP contribution in [0.4, 0.5) is 0 Å². The second kappa shape index (κ2) is 6.81. The van der Waals surface area contributed by atoms with Gasteiger partial charge in [0.15, 0.2) is 0 Å². The monoisotopic (exact) mass is 342 g/mol. The number of nitrogens with zero attached hydrogens (tertiary/aromatic N) is 2. The van der Waals surface area contributed by atoms with Crippen molar-refractivity contribution in [3.05, 3.63) is 35.6 Å². The van der Waals surface area contributed by atoms with E-state index in [1.807, 2.05) is 36.1 Å². The molecule has 25 heavy (non-hydrogen) atoms. The van der Waals surface area contributed by atoms with E-state index in [-0.39, 0.29) is 5.91 Å². The minimum Gasteiger partial charge on any atom is -0.461 e. The number of amides is 1. The number of benzene rings is 1. The number of fused-ring (bicyclic) bond motifs is 5. The molecule has 0 spiro atoms. The van der Waals surface area contributed by atoms with Crippen LogP contribution >= 0.6 is 0 Å². The maximum atomic E-state index is 13.2. The van der Waals surface area contributed by atoms with Gasteiger partial charge in [0.05, 0.1) is 12.2 Å². The summed E-state index contributed by atoms with van der Waals surface area (Å²) in [5, 5.41) is 1.00. The number of para-hydroxylation sites is 1. The topological polar surface area (TPSA) is 45.9 Å². The third-order valence-electron chi connectivity index (χ3n) is 5.59. The van der Waals surface area contributed by atoms with Gasteiger partial charge in [-0.15, -0.1) is 0 Å². The molecule has 2 aromatic rings. The zero-order chi connectivity index (χ0) is 17.4. The van der Waals surface area contributed by atoms with Gasteiger partial charge in [-0.1, -0.05) is 12.1 Å². The number of aryl methyl sites for hydroxylation is 1. The van der Waals surface area contributed by atoms with E-state index in [4.69, 9.17) is 9.15 Å². The average molecular weight is 342 g/mol. The van der Waals surface area contributed by atoms with Gasteiger partial charge in [0.25, 0.3) is 5.91 Å². The zero-order valence-electron chi connectivity index (χ0n) is 15.0. The van der Waals surface area contributed by atoms with Gasteiger partial charge in [0.1, 0.15) is 11.3 Å². The lowest BCUT2D eigenvalue weighted by Gasteiger charge is -2.35. The van der Waals surface area contributed by atoms with Gasteiger partial charge in [-0.3, -0.25) is 9.69 Å². The van der Waals surface area contributed by atoms with E-state index in [9.17, 15) is 4.79 Å². The molecule has 0 unspecified atom stereocenters. The molecule has 0 radical (unpaired) electrons. The molecule has 3 fully saturated rings. The Bertz CT molecular complexity index is 769. The number of carbonyl (C=O) groups excluding carboxylic acids is 1. The molecule has 1 amide bonds. The molecule has 3 saturated heterocycles. The van der Waals surface area contributed by atoms with Gasteiger partial charge in [0, 0.05) is 44.7 Å². The smallest absolute Gasteiger partial charge is 0.257 e. The molecular weight excluding hydrogens is 316 g/mol. The number of ether oxygens (including phenoxy) is 1. The van der Waals surface area contributed by atoms with Crippen LogP contribution in [0.3, 0.4) is 0 Å². The van der Waals surface area contributed by atoms with Crippen LogP contribution in [0.2, 0.25) is 0 Å². The molecule has 2 bridgehead atoms. The first-order valence-corrected chi connectivity index (χ1v) is 9.17. The molecule has 0 aliphatic carbocycles. The third kappa shape index (κ3) is 3.18. The van der Waals surface area contributed by atoms with E-state index in [2.05, 4.69) is 4.90 Å². The zero-order valence-corrected chi connectivity index (χ0v) is 15.0. The first-order chi connectivity index (χ1) is 12.2. The molecule has 5 rings (SSSR count). The van der Waals surface area contributed by atoms with Crippen LogP contribution < -0.4 is 0 Å². The SMILES string of the molecule is COCCN1C[C@@H]2CC[C@H]1CN(C(=O)c1cccc3cc(C)oc13)C2. The molecule has 5 nitrogen and oxygen atoms in total. The summed E-state index contributed by atoms with van der Waals surface area (Å²) in [6.45, 7) is 6.34. The molecular formula is C20H26N2O3. The van der Waals surface area contributed by atoms with Gasteiger partial charge in [0.2, 0.25) is 0 Å². The molecule has 2 atom stereocenters. The number of hydrogen-bond acceptors (Lipinski definition) is 4. The number of hydrogen-bond donors (Lipinski definition) is 0. The largest absolute Gasteiger partial charge is 0.461 e. The van der Waals surface area contributed by atoms with Crippen molar-refractivity contribution >= 4 is 16.9 Å². The first-order valence-electron chi connectivity index (χ1n) is 9.17. The van der Waals surface area contributed by atoms with Crippen LogP contribution in [0.5, 0.6) is 0 Å². The molecule has 5 heteroatoms. The minimum absolute atomic E-state index is 0.102. The summed E-state index contributed by atoms with van der Waals surface area (Å²) in [6.07, 6.45) is 2.38. The van der Waals surface area contributed by atoms with Crippen LogP contribution in [0.15, 0.2) is 28.7 Å². The predicted molar refractivity (Wildman–Crippen MR) is 96.8 cm³/mol. The number of piperidine rings is 1. The highest BCUT2D eigenvalue weighted by atomic mass is 16.5. The Balaban J connectivity index is 1.58. The first kappa shape index (κ1) is 16.6. The number of rotatable bonds is 4. The second-order valence-corrected chi connectivity index (χ2v) is 7.38. The van der Waals surface area contributed by atoms with Crippen molar-refractivity contribution in [2.45, 2.75) is 25.8 Å². The molecule has 1 aromatic heterocycles. The van der Waals surface area contributed by atoms with Crippen LogP contribution in [0, 0.1) is 12.8 Å². The van der Waals surface area contributed by atoms with Crippen molar-refractivity contribution in [3.8, 4) is 0 Å². The normalized spacial score (nSPS) is 24.0. The Hall–Kier alpha value is -1.85. The Morgan fingerprint density at radius 1 is 1.28 bits per heavy atom. The fraction of sp³-hybridized carbons (Fsp3) is 0.550. The number of furan rings is 1. The molecule has 1 aromatic carbocycles. The summed E-state index contributed by atoms with van der Waals surface area (Å²) >= 11 is 0. The Labute approximate surface area is 148 Å². The lowest BCUT2D eigenvalue weighted by Crippen LogP contribution is -2.45. The van der Waals surface area contributed by atoms with Gasteiger partial charge < -0.3 is 14.1 Å². The highest BCUT2D eigenvalue weighted by molar-refractivity contribution is 6.05. The third-order valence-corrected chi connectivity index (χ3v) is 5.59. The quantitative estimate of drug-likeness (QED) is 0.857. The van der Waals surface area contributed by atoms with Crippen molar-refractivity contribution in [3.63, 3.8) is 0 Å². The second-order valence-electron chi connectivity index (χ2n) is 7.38. The van der Waals surface area contributed by atoms with Gasteiger partial charge in [-0.05, 0) is 37.8 Å². The van der Waals surface area contributed by atoms with Gasteiger partial charge in [-0.2, -0.15) is 0 Å². The van der Waals surface area contributed by atoms with Crippen molar-refractivity contribution in [1.29, 1.82) is 0 Å². The predicted octanol–water partition coefficient (Wildman–Crippen LogP) is 2.92. The van der Waals surface area contributed by atoms with E-state index >= 15 is 0 Å². The number of methoxy groups -OCH3 is 1. The summed E-state index contributed by atoms with van der Waals surface area (Å²) < 4.78 is 11.1.